The number of carbonyl (C=O) groups excluding carboxylic acids is 1. The minimum Gasteiger partial charge on any atom is -0.368 e. The van der Waals surface area contributed by atoms with Crippen LogP contribution < -0.4 is 10.5 Å². The summed E-state index contributed by atoms with van der Waals surface area (Å²) < 4.78 is 6.28. The molecule has 1 fully saturated rings. The Labute approximate surface area is 181 Å². The number of hydrogen-bond acceptors (Lipinski definition) is 6. The second-order valence-electron chi connectivity index (χ2n) is 9.05. The molecule has 5 rings (SSSR count). The number of rotatable bonds is 2. The average molecular weight is 424 g/mol. The first kappa shape index (κ1) is 20.2. The van der Waals surface area contributed by atoms with E-state index in [1.54, 1.807) is 4.90 Å². The number of ether oxygens (including phenoxy) is 1. The van der Waals surface area contributed by atoms with E-state index >= 15 is 0 Å². The lowest BCUT2D eigenvalue weighted by atomic mass is 9.83. The third-order valence-electron chi connectivity index (χ3n) is 6.86. The molecule has 0 bridgehead atoms. The predicted octanol–water partition coefficient (Wildman–Crippen LogP) is 1.81. The van der Waals surface area contributed by atoms with E-state index in [0.717, 1.165) is 54.6 Å². The lowest BCUT2D eigenvalue weighted by Crippen LogP contribution is -2.49. The lowest BCUT2D eigenvalue weighted by molar-refractivity contribution is -0.0967. The summed E-state index contributed by atoms with van der Waals surface area (Å²) in [5.74, 6) is 0.486. The number of fused-ring (bicyclic) bond motifs is 3. The monoisotopic (exact) mass is 423 g/mol. The van der Waals surface area contributed by atoms with E-state index in [2.05, 4.69) is 9.97 Å². The Hall–Kier alpha value is -2.74. The van der Waals surface area contributed by atoms with E-state index in [1.165, 1.54) is 0 Å². The molecule has 1 amide bonds. The number of carbonyl (C=O) groups is 1. The van der Waals surface area contributed by atoms with Crippen LogP contribution in [0.3, 0.4) is 0 Å². The fourth-order valence-electron chi connectivity index (χ4n) is 5.07. The van der Waals surface area contributed by atoms with Crippen molar-refractivity contribution in [1.82, 2.24) is 19.9 Å². The van der Waals surface area contributed by atoms with Gasteiger partial charge in [-0.1, -0.05) is 0 Å². The zero-order chi connectivity index (χ0) is 21.6. The van der Waals surface area contributed by atoms with Crippen LogP contribution in [0.2, 0.25) is 0 Å². The molecule has 1 saturated heterocycles. The molecule has 1 spiro atoms. The van der Waals surface area contributed by atoms with Gasteiger partial charge in [0, 0.05) is 39.1 Å². The van der Waals surface area contributed by atoms with Crippen molar-refractivity contribution in [2.75, 3.05) is 38.7 Å². The number of nitrogens with zero attached hydrogens (tertiary/aromatic N) is 4. The summed E-state index contributed by atoms with van der Waals surface area (Å²) >= 11 is 0. The first-order valence-electron chi connectivity index (χ1n) is 11.2. The summed E-state index contributed by atoms with van der Waals surface area (Å²) in [6, 6.07) is 1.82. The van der Waals surface area contributed by atoms with E-state index in [1.807, 2.05) is 31.3 Å². The fraction of sp³-hybridized carbons (Fsp3) is 0.565. The zero-order valence-corrected chi connectivity index (χ0v) is 18.2. The molecule has 0 atom stereocenters. The minimum atomic E-state index is -0.486. The van der Waals surface area contributed by atoms with Crippen molar-refractivity contribution in [2.24, 2.45) is 0 Å². The number of aryl methyl sites for hydroxylation is 2. The van der Waals surface area contributed by atoms with Gasteiger partial charge in [-0.2, -0.15) is 0 Å². The molecule has 2 aromatic rings. The highest BCUT2D eigenvalue weighted by Crippen LogP contribution is 2.41. The van der Waals surface area contributed by atoms with Crippen LogP contribution >= 0.6 is 0 Å². The molecule has 164 valence electrons. The van der Waals surface area contributed by atoms with Gasteiger partial charge in [0.25, 0.3) is 11.5 Å². The van der Waals surface area contributed by atoms with Crippen LogP contribution in [-0.4, -0.2) is 59.6 Å². The Morgan fingerprint density at radius 1 is 1.16 bits per heavy atom. The molecule has 0 unspecified atom stereocenters. The standard InChI is InChI=1S/C23H29N5O3/c1-27(2)22-24-14-16-7-12-31-23(19(16)26-22)8-10-28(11-9-23)21(30)17-13-15-5-3-4-6-18(15)25-20(17)29/h13-14H,3-12H2,1-2H3,(H,25,29). The molecular weight excluding hydrogens is 394 g/mol. The number of hydrogen-bond donors (Lipinski definition) is 1. The van der Waals surface area contributed by atoms with Gasteiger partial charge in [0.2, 0.25) is 5.95 Å². The SMILES string of the molecule is CN(C)c1ncc2c(n1)C1(CCN(C(=O)c3cc4c([nH]c3=O)CCCC4)CC1)OCC2. The van der Waals surface area contributed by atoms with Crippen LogP contribution in [0.1, 0.15) is 58.6 Å². The predicted molar refractivity (Wildman–Crippen MR) is 117 cm³/mol. The lowest BCUT2D eigenvalue weighted by Gasteiger charge is -2.44. The topological polar surface area (TPSA) is 91.4 Å². The smallest absolute Gasteiger partial charge is 0.261 e. The molecule has 8 nitrogen and oxygen atoms in total. The van der Waals surface area contributed by atoms with Gasteiger partial charge in [0.1, 0.15) is 11.2 Å². The largest absolute Gasteiger partial charge is 0.368 e. The maximum absolute atomic E-state index is 13.2. The summed E-state index contributed by atoms with van der Waals surface area (Å²) in [5.41, 5.74) is 3.70. The Morgan fingerprint density at radius 2 is 1.94 bits per heavy atom. The number of H-pyrrole nitrogens is 1. The van der Waals surface area contributed by atoms with Crippen LogP contribution in [0.4, 0.5) is 5.95 Å². The minimum absolute atomic E-state index is 0.183. The van der Waals surface area contributed by atoms with Gasteiger partial charge in [-0.25, -0.2) is 9.97 Å². The number of piperidine rings is 1. The second-order valence-corrected chi connectivity index (χ2v) is 9.05. The van der Waals surface area contributed by atoms with E-state index in [-0.39, 0.29) is 17.0 Å². The Kier molecular flexibility index (Phi) is 5.04. The molecule has 0 aromatic carbocycles. The van der Waals surface area contributed by atoms with E-state index in [9.17, 15) is 9.59 Å². The first-order chi connectivity index (χ1) is 15.0. The Bertz CT molecular complexity index is 1070. The molecule has 1 N–H and O–H groups in total. The van der Waals surface area contributed by atoms with Crippen LogP contribution in [0, 0.1) is 0 Å². The quantitative estimate of drug-likeness (QED) is 0.792. The van der Waals surface area contributed by atoms with Gasteiger partial charge >= 0.3 is 0 Å². The average Bonchev–Trinajstić information content (AvgIpc) is 2.79. The fourth-order valence-corrected chi connectivity index (χ4v) is 5.07. The number of aromatic nitrogens is 3. The molecular formula is C23H29N5O3. The van der Waals surface area contributed by atoms with Gasteiger partial charge in [0.15, 0.2) is 0 Å². The molecule has 0 saturated carbocycles. The van der Waals surface area contributed by atoms with Crippen molar-refractivity contribution >= 4 is 11.9 Å². The summed E-state index contributed by atoms with van der Waals surface area (Å²) in [5, 5.41) is 0. The van der Waals surface area contributed by atoms with Crippen LogP contribution in [-0.2, 0) is 29.6 Å². The van der Waals surface area contributed by atoms with E-state index < -0.39 is 5.60 Å². The molecule has 2 aliphatic heterocycles. The number of amides is 1. The van der Waals surface area contributed by atoms with Crippen molar-refractivity contribution in [3.8, 4) is 0 Å². The summed E-state index contributed by atoms with van der Waals surface area (Å²) in [7, 11) is 3.85. The molecule has 4 heterocycles. The number of nitrogens with one attached hydrogen (secondary N) is 1. The molecule has 31 heavy (non-hydrogen) atoms. The molecule has 0 radical (unpaired) electrons. The van der Waals surface area contributed by atoms with Crippen molar-refractivity contribution in [3.63, 3.8) is 0 Å². The first-order valence-corrected chi connectivity index (χ1v) is 11.2. The maximum atomic E-state index is 13.2. The summed E-state index contributed by atoms with van der Waals surface area (Å²) in [4.78, 5) is 41.7. The van der Waals surface area contributed by atoms with Crippen molar-refractivity contribution in [3.05, 3.63) is 50.7 Å². The zero-order valence-electron chi connectivity index (χ0n) is 18.2. The van der Waals surface area contributed by atoms with Crippen LogP contribution in [0.15, 0.2) is 17.1 Å². The summed E-state index contributed by atoms with van der Waals surface area (Å²) in [6.07, 6.45) is 8.05. The number of likely N-dealkylation sites (tertiary alicyclic amines) is 1. The number of anilines is 1. The van der Waals surface area contributed by atoms with Crippen molar-refractivity contribution in [2.45, 2.75) is 50.5 Å². The Balaban J connectivity index is 1.38. The highest BCUT2D eigenvalue weighted by Gasteiger charge is 2.43. The maximum Gasteiger partial charge on any atom is 0.261 e. The molecule has 8 heteroatoms. The van der Waals surface area contributed by atoms with Crippen molar-refractivity contribution < 1.29 is 9.53 Å². The molecule has 1 aliphatic carbocycles. The van der Waals surface area contributed by atoms with Crippen molar-refractivity contribution in [1.29, 1.82) is 0 Å². The van der Waals surface area contributed by atoms with E-state index in [4.69, 9.17) is 9.72 Å². The van der Waals surface area contributed by atoms with Gasteiger partial charge in [-0.3, -0.25) is 9.59 Å². The van der Waals surface area contributed by atoms with Crippen LogP contribution in [0.5, 0.6) is 0 Å². The molecule has 2 aromatic heterocycles. The Morgan fingerprint density at radius 3 is 2.71 bits per heavy atom. The van der Waals surface area contributed by atoms with Gasteiger partial charge < -0.3 is 19.5 Å². The van der Waals surface area contributed by atoms with Gasteiger partial charge in [-0.15, -0.1) is 0 Å². The summed E-state index contributed by atoms with van der Waals surface area (Å²) in [6.45, 7) is 1.71. The number of pyridine rings is 1. The third kappa shape index (κ3) is 3.52. The number of aromatic amines is 1. The highest BCUT2D eigenvalue weighted by atomic mass is 16.5. The van der Waals surface area contributed by atoms with Crippen LogP contribution in [0.25, 0.3) is 0 Å². The third-order valence-corrected chi connectivity index (χ3v) is 6.86. The van der Waals surface area contributed by atoms with Gasteiger partial charge in [-0.05, 0) is 62.1 Å². The second kappa shape index (κ2) is 7.75. The normalized spacial score (nSPS) is 19.6. The van der Waals surface area contributed by atoms with E-state index in [0.29, 0.717) is 38.5 Å². The van der Waals surface area contributed by atoms with Gasteiger partial charge in [0.05, 0.1) is 12.3 Å². The highest BCUT2D eigenvalue weighted by molar-refractivity contribution is 5.94. The molecule has 3 aliphatic rings.